The highest BCUT2D eigenvalue weighted by molar-refractivity contribution is 6.43. The van der Waals surface area contributed by atoms with E-state index in [0.717, 1.165) is 23.3 Å². The lowest BCUT2D eigenvalue weighted by atomic mass is 9.76. The fraction of sp³-hybridized carbons (Fsp3) is 0.222. The van der Waals surface area contributed by atoms with Crippen molar-refractivity contribution >= 4 is 24.9 Å². The van der Waals surface area contributed by atoms with E-state index in [1.807, 2.05) is 37.3 Å². The van der Waals surface area contributed by atoms with Gasteiger partial charge in [0, 0.05) is 6.20 Å². The number of carbonyl (C=O) groups excluding carboxylic acids is 1. The van der Waals surface area contributed by atoms with Gasteiger partial charge in [0.1, 0.15) is 12.2 Å². The quantitative estimate of drug-likeness (QED) is 0.286. The maximum Gasteiger partial charge on any atom is 0.475 e. The third kappa shape index (κ3) is 7.93. The van der Waals surface area contributed by atoms with Crippen LogP contribution in [0.2, 0.25) is 0 Å². The number of alkyl carbamates (subject to hydrolysis) is 1. The van der Waals surface area contributed by atoms with E-state index in [0.29, 0.717) is 17.3 Å². The third-order valence-corrected chi connectivity index (χ3v) is 5.70. The number of rotatable bonds is 8. The molecule has 1 heterocycles. The van der Waals surface area contributed by atoms with Gasteiger partial charge in [-0.2, -0.15) is 18.4 Å². The molecule has 2 atom stereocenters. The molecule has 0 saturated heterocycles. The Kier molecular flexibility index (Phi) is 9.28. The number of nitrogens with zero attached hydrogens (tertiary/aromatic N) is 2. The van der Waals surface area contributed by atoms with Crippen molar-refractivity contribution in [3.8, 4) is 6.07 Å². The van der Waals surface area contributed by atoms with E-state index in [2.05, 4.69) is 10.3 Å². The van der Waals surface area contributed by atoms with Crippen molar-refractivity contribution in [1.82, 2.24) is 10.3 Å². The number of nitrogens with one attached hydrogen (secondary N) is 1. The summed E-state index contributed by atoms with van der Waals surface area (Å²) in [6.45, 7) is 3.55. The van der Waals surface area contributed by atoms with Crippen LogP contribution in [0.1, 0.15) is 46.5 Å². The summed E-state index contributed by atoms with van der Waals surface area (Å²) in [5.74, 6) is -0.999. The Hall–Kier alpha value is -4.14. The first-order valence-corrected chi connectivity index (χ1v) is 11.6. The predicted molar refractivity (Wildman–Crippen MR) is 136 cm³/mol. The number of alkyl halides is 3. The molecule has 196 valence electrons. The monoisotopic (exact) mass is 523 g/mol. The summed E-state index contributed by atoms with van der Waals surface area (Å²) in [6, 6.07) is 18.0. The van der Waals surface area contributed by atoms with E-state index in [9.17, 15) is 33.3 Å². The van der Waals surface area contributed by atoms with Gasteiger partial charge in [0.2, 0.25) is 0 Å². The van der Waals surface area contributed by atoms with Crippen LogP contribution in [0.15, 0.2) is 66.9 Å². The molecule has 3 N–H and O–H groups in total. The fourth-order valence-electron chi connectivity index (χ4n) is 3.58. The lowest BCUT2D eigenvalue weighted by Gasteiger charge is -2.20. The van der Waals surface area contributed by atoms with Crippen LogP contribution < -0.4 is 5.32 Å². The maximum atomic E-state index is 12.8. The number of aromatic nitrogens is 1. The second-order valence-corrected chi connectivity index (χ2v) is 8.67. The van der Waals surface area contributed by atoms with Crippen LogP contribution >= 0.6 is 0 Å². The maximum absolute atomic E-state index is 12.8. The zero-order chi connectivity index (χ0) is 27.9. The lowest BCUT2D eigenvalue weighted by molar-refractivity contribution is -0.137. The van der Waals surface area contributed by atoms with Crippen molar-refractivity contribution in [3.63, 3.8) is 0 Å². The van der Waals surface area contributed by atoms with Crippen molar-refractivity contribution in [2.75, 3.05) is 0 Å². The molecule has 11 heteroatoms. The first-order chi connectivity index (χ1) is 18.0. The summed E-state index contributed by atoms with van der Waals surface area (Å²) in [5.41, 5.74) is 2.18. The number of hydrogen-bond donors (Lipinski definition) is 3. The molecule has 3 aromatic rings. The van der Waals surface area contributed by atoms with Gasteiger partial charge in [-0.3, -0.25) is 4.98 Å². The number of hydrogen-bond acceptors (Lipinski definition) is 6. The smallest absolute Gasteiger partial charge is 0.442 e. The Balaban J connectivity index is 1.69. The zero-order valence-corrected chi connectivity index (χ0v) is 20.6. The van der Waals surface area contributed by atoms with E-state index in [-0.39, 0.29) is 17.7 Å². The number of carbonyl (C=O) groups is 1. The van der Waals surface area contributed by atoms with Crippen LogP contribution in [-0.2, 0) is 17.3 Å². The standard InChI is InChI=1S/C27H25BF3N3O4/c1-17-6-8-19(9-7-17)14-25(28(36)37)34-26(35)38-18(2)21-5-3-4-20(12-21)13-22(15-32)24-11-10-23(16-33-24)27(29,30)31/h3-13,16,18,25,36-37H,14H2,1-2H3,(H,34,35). The van der Waals surface area contributed by atoms with Crippen LogP contribution in [0.25, 0.3) is 11.6 Å². The van der Waals surface area contributed by atoms with Crippen LogP contribution in [0.5, 0.6) is 0 Å². The van der Waals surface area contributed by atoms with Gasteiger partial charge in [-0.05, 0) is 61.2 Å². The average Bonchev–Trinajstić information content (AvgIpc) is 2.87. The number of ether oxygens (including phenoxy) is 1. The molecule has 0 aliphatic rings. The van der Waals surface area contributed by atoms with Crippen LogP contribution in [-0.4, -0.2) is 34.2 Å². The van der Waals surface area contributed by atoms with E-state index in [1.165, 1.54) is 6.08 Å². The van der Waals surface area contributed by atoms with Gasteiger partial charge in [-0.15, -0.1) is 0 Å². The molecule has 0 aliphatic carbocycles. The Morgan fingerprint density at radius 3 is 2.47 bits per heavy atom. The first kappa shape index (κ1) is 28.4. The van der Waals surface area contributed by atoms with Gasteiger partial charge in [-0.1, -0.05) is 48.0 Å². The van der Waals surface area contributed by atoms with Gasteiger partial charge in [-0.25, -0.2) is 4.79 Å². The summed E-state index contributed by atoms with van der Waals surface area (Å²) in [5, 5.41) is 31.4. The number of pyridine rings is 1. The Morgan fingerprint density at radius 1 is 1.18 bits per heavy atom. The van der Waals surface area contributed by atoms with Crippen molar-refractivity contribution in [1.29, 1.82) is 5.26 Å². The molecule has 0 bridgehead atoms. The number of benzene rings is 2. The number of nitriles is 1. The summed E-state index contributed by atoms with van der Waals surface area (Å²) < 4.78 is 43.8. The third-order valence-electron chi connectivity index (χ3n) is 5.70. The molecule has 1 aromatic heterocycles. The van der Waals surface area contributed by atoms with Gasteiger partial charge in [0.25, 0.3) is 0 Å². The second kappa shape index (κ2) is 12.4. The average molecular weight is 523 g/mol. The summed E-state index contributed by atoms with van der Waals surface area (Å²) >= 11 is 0. The number of halogens is 3. The molecule has 3 rings (SSSR count). The van der Waals surface area contributed by atoms with Gasteiger partial charge in [0.05, 0.1) is 22.8 Å². The summed E-state index contributed by atoms with van der Waals surface area (Å²) in [6.07, 6.45) is -3.82. The minimum absolute atomic E-state index is 0.0538. The molecule has 2 aromatic carbocycles. The zero-order valence-electron chi connectivity index (χ0n) is 20.6. The first-order valence-electron chi connectivity index (χ1n) is 11.6. The van der Waals surface area contributed by atoms with Crippen molar-refractivity contribution in [3.05, 3.63) is 100 Å². The SMILES string of the molecule is Cc1ccc(CC(NC(=O)OC(C)c2cccc(C=C(C#N)c3ccc(C(F)(F)F)cn3)c2)B(O)O)cc1. The Morgan fingerprint density at radius 2 is 1.89 bits per heavy atom. The predicted octanol–water partition coefficient (Wildman–Crippen LogP) is 4.88. The molecule has 0 fully saturated rings. The molecule has 0 aliphatic heterocycles. The van der Waals surface area contributed by atoms with E-state index in [1.54, 1.807) is 31.2 Å². The van der Waals surface area contributed by atoms with Crippen LogP contribution in [0.3, 0.4) is 0 Å². The molecule has 0 radical (unpaired) electrons. The van der Waals surface area contributed by atoms with E-state index in [4.69, 9.17) is 4.74 Å². The van der Waals surface area contributed by atoms with Crippen molar-refractivity contribution in [2.24, 2.45) is 0 Å². The molecule has 1 amide bonds. The molecule has 0 saturated carbocycles. The Labute approximate surface area is 218 Å². The normalized spacial score (nSPS) is 13.3. The van der Waals surface area contributed by atoms with Crippen LogP contribution in [0.4, 0.5) is 18.0 Å². The van der Waals surface area contributed by atoms with Crippen molar-refractivity contribution in [2.45, 2.75) is 38.5 Å². The summed E-state index contributed by atoms with van der Waals surface area (Å²) in [4.78, 5) is 16.2. The van der Waals surface area contributed by atoms with Crippen LogP contribution in [0, 0.1) is 18.3 Å². The molecular weight excluding hydrogens is 498 g/mol. The highest BCUT2D eigenvalue weighted by atomic mass is 19.4. The lowest BCUT2D eigenvalue weighted by Crippen LogP contribution is -2.48. The fourth-order valence-corrected chi connectivity index (χ4v) is 3.58. The van der Waals surface area contributed by atoms with Gasteiger partial charge >= 0.3 is 19.4 Å². The minimum atomic E-state index is -4.53. The number of allylic oxidation sites excluding steroid dienone is 1. The molecule has 2 unspecified atom stereocenters. The second-order valence-electron chi connectivity index (χ2n) is 8.67. The Bertz CT molecular complexity index is 1320. The topological polar surface area (TPSA) is 115 Å². The molecule has 0 spiro atoms. The van der Waals surface area contributed by atoms with Crippen molar-refractivity contribution < 1.29 is 32.8 Å². The van der Waals surface area contributed by atoms with E-state index < -0.39 is 37.0 Å². The highest BCUT2D eigenvalue weighted by Crippen LogP contribution is 2.29. The molecular formula is C27H25BF3N3O4. The van der Waals surface area contributed by atoms with E-state index >= 15 is 0 Å². The highest BCUT2D eigenvalue weighted by Gasteiger charge is 2.31. The largest absolute Gasteiger partial charge is 0.475 e. The number of amides is 1. The minimum Gasteiger partial charge on any atom is -0.442 e. The van der Waals surface area contributed by atoms with Gasteiger partial charge < -0.3 is 20.1 Å². The molecule has 7 nitrogen and oxygen atoms in total. The van der Waals surface area contributed by atoms with Gasteiger partial charge in [0.15, 0.2) is 0 Å². The summed E-state index contributed by atoms with van der Waals surface area (Å²) in [7, 11) is -1.81. The molecule has 38 heavy (non-hydrogen) atoms. The number of aryl methyl sites for hydroxylation is 1.